The number of carbonyl (C=O) groups excluding carboxylic acids is 2. The number of thioether (sulfide) groups is 1. The van der Waals surface area contributed by atoms with Gasteiger partial charge in [-0.25, -0.2) is 4.79 Å². The standard InChI is InChI=1S/C19H13ClN4O5S2/c1-27-14-8-10(7-12(20)15(14)29-17(26)13-4-3-5-28-13)6-11(9-21)16(25)22-18-23-19(30-2)24-31-18/h3-8H,1-2H3,(H,22,23,24,25)/b11-6-. The van der Waals surface area contributed by atoms with Gasteiger partial charge < -0.3 is 13.9 Å². The molecule has 0 aliphatic carbocycles. The van der Waals surface area contributed by atoms with Crippen LogP contribution in [0.1, 0.15) is 16.1 Å². The van der Waals surface area contributed by atoms with Gasteiger partial charge in [0.05, 0.1) is 18.4 Å². The number of esters is 1. The molecule has 158 valence electrons. The summed E-state index contributed by atoms with van der Waals surface area (Å²) in [5.74, 6) is -1.32. The molecule has 0 aliphatic rings. The number of benzene rings is 1. The Morgan fingerprint density at radius 3 is 2.84 bits per heavy atom. The molecule has 0 radical (unpaired) electrons. The van der Waals surface area contributed by atoms with E-state index in [9.17, 15) is 14.9 Å². The Balaban J connectivity index is 1.84. The summed E-state index contributed by atoms with van der Waals surface area (Å²) in [7, 11) is 1.36. The highest BCUT2D eigenvalue weighted by Crippen LogP contribution is 2.37. The molecular weight excluding hydrogens is 464 g/mol. The van der Waals surface area contributed by atoms with Gasteiger partial charge in [0.15, 0.2) is 11.5 Å². The van der Waals surface area contributed by atoms with Crippen LogP contribution in [0.2, 0.25) is 5.02 Å². The van der Waals surface area contributed by atoms with Crippen molar-refractivity contribution < 1.29 is 23.5 Å². The van der Waals surface area contributed by atoms with Crippen molar-refractivity contribution in [2.45, 2.75) is 5.16 Å². The summed E-state index contributed by atoms with van der Waals surface area (Å²) >= 11 is 8.59. The highest BCUT2D eigenvalue weighted by atomic mass is 35.5. The fourth-order valence-corrected chi connectivity index (χ4v) is 3.66. The average Bonchev–Trinajstić information content (AvgIpc) is 3.45. The van der Waals surface area contributed by atoms with Crippen LogP contribution in [0.4, 0.5) is 5.13 Å². The Morgan fingerprint density at radius 1 is 1.42 bits per heavy atom. The summed E-state index contributed by atoms with van der Waals surface area (Å²) in [5.41, 5.74) is 0.188. The molecule has 0 saturated carbocycles. The van der Waals surface area contributed by atoms with Gasteiger partial charge in [-0.1, -0.05) is 23.4 Å². The smallest absolute Gasteiger partial charge is 0.379 e. The largest absolute Gasteiger partial charge is 0.493 e. The molecule has 0 saturated heterocycles. The molecule has 0 spiro atoms. The van der Waals surface area contributed by atoms with Crippen LogP contribution in [0.5, 0.6) is 11.5 Å². The van der Waals surface area contributed by atoms with Crippen LogP contribution in [0.15, 0.2) is 45.7 Å². The predicted molar refractivity (Wildman–Crippen MR) is 116 cm³/mol. The van der Waals surface area contributed by atoms with E-state index in [-0.39, 0.29) is 33.0 Å². The molecule has 1 N–H and O–H groups in total. The molecule has 1 amide bonds. The molecule has 1 aromatic carbocycles. The van der Waals surface area contributed by atoms with E-state index in [1.807, 2.05) is 6.07 Å². The Labute approximate surface area is 189 Å². The summed E-state index contributed by atoms with van der Waals surface area (Å²) in [6.07, 6.45) is 4.46. The third-order valence-electron chi connectivity index (χ3n) is 3.66. The number of nitriles is 1. The zero-order valence-electron chi connectivity index (χ0n) is 16.0. The van der Waals surface area contributed by atoms with Crippen LogP contribution < -0.4 is 14.8 Å². The number of methoxy groups -OCH3 is 1. The number of amides is 1. The molecule has 0 fully saturated rings. The fourth-order valence-electron chi connectivity index (χ4n) is 2.28. The molecular formula is C19H13ClN4O5S2. The highest BCUT2D eigenvalue weighted by Gasteiger charge is 2.19. The number of nitrogens with one attached hydrogen (secondary N) is 1. The monoisotopic (exact) mass is 476 g/mol. The zero-order valence-corrected chi connectivity index (χ0v) is 18.4. The van der Waals surface area contributed by atoms with Crippen molar-refractivity contribution >= 4 is 58.0 Å². The van der Waals surface area contributed by atoms with E-state index in [0.29, 0.717) is 10.7 Å². The third kappa shape index (κ3) is 5.43. The maximum absolute atomic E-state index is 12.4. The van der Waals surface area contributed by atoms with E-state index < -0.39 is 11.9 Å². The number of aromatic nitrogens is 2. The number of furan rings is 1. The van der Waals surface area contributed by atoms with Gasteiger partial charge in [-0.15, -0.1) is 0 Å². The minimum Gasteiger partial charge on any atom is -0.493 e. The Morgan fingerprint density at radius 2 is 2.23 bits per heavy atom. The maximum Gasteiger partial charge on any atom is 0.379 e. The first-order chi connectivity index (χ1) is 14.9. The van der Waals surface area contributed by atoms with Crippen LogP contribution in [-0.2, 0) is 4.79 Å². The zero-order chi connectivity index (χ0) is 22.4. The molecule has 0 bridgehead atoms. The molecule has 0 aliphatic heterocycles. The lowest BCUT2D eigenvalue weighted by molar-refractivity contribution is -0.112. The van der Waals surface area contributed by atoms with Crippen molar-refractivity contribution in [2.24, 2.45) is 0 Å². The van der Waals surface area contributed by atoms with Gasteiger partial charge in [0, 0.05) is 11.5 Å². The lowest BCUT2D eigenvalue weighted by Crippen LogP contribution is -2.13. The molecule has 2 aromatic heterocycles. The van der Waals surface area contributed by atoms with Crippen molar-refractivity contribution in [2.75, 3.05) is 18.7 Å². The minimum atomic E-state index is -0.757. The van der Waals surface area contributed by atoms with Crippen LogP contribution >= 0.6 is 34.9 Å². The van der Waals surface area contributed by atoms with Crippen LogP contribution in [0.3, 0.4) is 0 Å². The molecule has 12 heteroatoms. The van der Waals surface area contributed by atoms with Gasteiger partial charge in [0.25, 0.3) is 5.91 Å². The summed E-state index contributed by atoms with van der Waals surface area (Å²) in [4.78, 5) is 28.7. The van der Waals surface area contributed by atoms with Gasteiger partial charge >= 0.3 is 5.97 Å². The number of nitrogens with zero attached hydrogens (tertiary/aromatic N) is 3. The lowest BCUT2D eigenvalue weighted by atomic mass is 10.1. The average molecular weight is 477 g/mol. The SMILES string of the molecule is COc1cc(/C=C(/C#N)C(=O)Nc2nc(SC)ns2)cc(Cl)c1OC(=O)c1ccco1. The molecule has 0 unspecified atom stereocenters. The second-order valence-corrected chi connectivity index (χ2v) is 7.54. The van der Waals surface area contributed by atoms with E-state index in [1.54, 1.807) is 12.3 Å². The number of hydrogen-bond donors (Lipinski definition) is 1. The van der Waals surface area contributed by atoms with Crippen molar-refractivity contribution in [3.05, 3.63) is 52.4 Å². The Kier molecular flexibility index (Phi) is 7.30. The van der Waals surface area contributed by atoms with Gasteiger partial charge in [-0.05, 0) is 42.2 Å². The molecule has 3 aromatic rings. The van der Waals surface area contributed by atoms with E-state index in [4.69, 9.17) is 25.5 Å². The van der Waals surface area contributed by atoms with Gasteiger partial charge in [0.2, 0.25) is 16.0 Å². The number of hydrogen-bond acceptors (Lipinski definition) is 10. The normalized spacial score (nSPS) is 11.0. The van der Waals surface area contributed by atoms with Crippen molar-refractivity contribution in [1.29, 1.82) is 5.26 Å². The third-order valence-corrected chi connectivity index (χ3v) is 5.23. The summed E-state index contributed by atoms with van der Waals surface area (Å²) in [6.45, 7) is 0. The van der Waals surface area contributed by atoms with Gasteiger partial charge in [-0.2, -0.15) is 14.6 Å². The first-order valence-corrected chi connectivity index (χ1v) is 10.8. The predicted octanol–water partition coefficient (Wildman–Crippen LogP) is 4.28. The first-order valence-electron chi connectivity index (χ1n) is 8.39. The summed E-state index contributed by atoms with van der Waals surface area (Å²) in [6, 6.07) is 7.71. The minimum absolute atomic E-state index is 0.00756. The maximum atomic E-state index is 12.4. The fraction of sp³-hybridized carbons (Fsp3) is 0.105. The number of ether oxygens (including phenoxy) is 2. The number of carbonyl (C=O) groups is 2. The second kappa shape index (κ2) is 10.1. The van der Waals surface area contributed by atoms with E-state index in [0.717, 1.165) is 11.5 Å². The van der Waals surface area contributed by atoms with E-state index in [2.05, 4.69) is 14.7 Å². The lowest BCUT2D eigenvalue weighted by Gasteiger charge is -2.11. The summed E-state index contributed by atoms with van der Waals surface area (Å²) < 4.78 is 19.5. The first kappa shape index (κ1) is 22.4. The van der Waals surface area contributed by atoms with Crippen molar-refractivity contribution in [1.82, 2.24) is 9.36 Å². The number of rotatable bonds is 7. The summed E-state index contributed by atoms with van der Waals surface area (Å²) in [5, 5.41) is 12.7. The van der Waals surface area contributed by atoms with Gasteiger partial charge in [-0.3, -0.25) is 10.1 Å². The van der Waals surface area contributed by atoms with Crippen LogP contribution in [0, 0.1) is 11.3 Å². The Hall–Kier alpha value is -3.33. The quantitative estimate of drug-likeness (QED) is 0.175. The molecule has 2 heterocycles. The highest BCUT2D eigenvalue weighted by molar-refractivity contribution is 7.98. The number of halogens is 1. The van der Waals surface area contributed by atoms with Crippen LogP contribution in [0.25, 0.3) is 6.08 Å². The Bertz CT molecular complexity index is 1180. The molecule has 31 heavy (non-hydrogen) atoms. The van der Waals surface area contributed by atoms with E-state index in [1.165, 1.54) is 49.4 Å². The van der Waals surface area contributed by atoms with Crippen LogP contribution in [-0.4, -0.2) is 34.6 Å². The molecule has 3 rings (SSSR count). The van der Waals surface area contributed by atoms with Crippen molar-refractivity contribution in [3.8, 4) is 17.6 Å². The molecule has 9 nitrogen and oxygen atoms in total. The topological polar surface area (TPSA) is 127 Å². The van der Waals surface area contributed by atoms with Gasteiger partial charge in [0.1, 0.15) is 11.6 Å². The number of anilines is 1. The molecule has 0 atom stereocenters. The van der Waals surface area contributed by atoms with E-state index >= 15 is 0 Å². The second-order valence-electron chi connectivity index (χ2n) is 5.61. The van der Waals surface area contributed by atoms with Crippen molar-refractivity contribution in [3.63, 3.8) is 0 Å².